The number of nitrogens with zero attached hydrogens (tertiary/aromatic N) is 4. The Kier molecular flexibility index (Phi) is 6.95. The highest BCUT2D eigenvalue weighted by atomic mass is 19.4. The molecule has 5 nitrogen and oxygen atoms in total. The van der Waals surface area contributed by atoms with Gasteiger partial charge in [-0.1, -0.05) is 43.3 Å². The van der Waals surface area contributed by atoms with Crippen molar-refractivity contribution in [1.29, 1.82) is 0 Å². The second-order valence-electron chi connectivity index (χ2n) is 8.21. The van der Waals surface area contributed by atoms with E-state index in [0.29, 0.717) is 22.9 Å². The maximum absolute atomic E-state index is 12.9. The van der Waals surface area contributed by atoms with Gasteiger partial charge in [0.1, 0.15) is 0 Å². The standard InChI is InChI=1S/C25H28F3N5/c1-2-18-5-3-4-6-20(18)17-32-11-13-33(14-12-32)24-30-22(16-29)15-23(31-24)19-7-9-21(10-8-19)25(26,27)28/h3-10,15H,2,11-14,16-17,29H2,1H3. The molecule has 1 aliphatic heterocycles. The van der Waals surface area contributed by atoms with E-state index in [4.69, 9.17) is 5.73 Å². The first kappa shape index (κ1) is 23.2. The average Bonchev–Trinajstić information content (AvgIpc) is 2.84. The number of benzene rings is 2. The average molecular weight is 456 g/mol. The molecule has 1 aliphatic rings. The smallest absolute Gasteiger partial charge is 0.338 e. The monoisotopic (exact) mass is 455 g/mol. The van der Waals surface area contributed by atoms with Crippen LogP contribution in [0.25, 0.3) is 11.3 Å². The first-order valence-corrected chi connectivity index (χ1v) is 11.2. The van der Waals surface area contributed by atoms with Crippen molar-refractivity contribution >= 4 is 5.95 Å². The molecule has 0 amide bonds. The molecular formula is C25H28F3N5. The van der Waals surface area contributed by atoms with Gasteiger partial charge in [0.2, 0.25) is 5.95 Å². The predicted molar refractivity (Wildman–Crippen MR) is 124 cm³/mol. The van der Waals surface area contributed by atoms with Crippen molar-refractivity contribution in [3.05, 3.63) is 77.0 Å². The molecule has 0 atom stereocenters. The Hall–Kier alpha value is -2.97. The molecule has 0 aliphatic carbocycles. The van der Waals surface area contributed by atoms with Crippen molar-refractivity contribution in [2.24, 2.45) is 5.73 Å². The number of hydrogen-bond donors (Lipinski definition) is 1. The highest BCUT2D eigenvalue weighted by molar-refractivity contribution is 5.61. The molecule has 174 valence electrons. The number of alkyl halides is 3. The molecule has 2 heterocycles. The van der Waals surface area contributed by atoms with Crippen molar-refractivity contribution in [3.63, 3.8) is 0 Å². The Morgan fingerprint density at radius 3 is 2.18 bits per heavy atom. The molecule has 0 spiro atoms. The van der Waals surface area contributed by atoms with Crippen molar-refractivity contribution < 1.29 is 13.2 Å². The molecule has 1 aromatic heterocycles. The van der Waals surface area contributed by atoms with E-state index in [1.165, 1.54) is 23.3 Å². The summed E-state index contributed by atoms with van der Waals surface area (Å²) in [6, 6.07) is 15.3. The summed E-state index contributed by atoms with van der Waals surface area (Å²) in [6.45, 7) is 6.62. The van der Waals surface area contributed by atoms with E-state index in [2.05, 4.69) is 51.0 Å². The first-order chi connectivity index (χ1) is 15.9. The quantitative estimate of drug-likeness (QED) is 0.593. The third kappa shape index (κ3) is 5.51. The molecule has 0 unspecified atom stereocenters. The van der Waals surface area contributed by atoms with E-state index < -0.39 is 11.7 Å². The highest BCUT2D eigenvalue weighted by Crippen LogP contribution is 2.31. The van der Waals surface area contributed by atoms with Crippen molar-refractivity contribution in [3.8, 4) is 11.3 Å². The Balaban J connectivity index is 1.48. The van der Waals surface area contributed by atoms with Crippen molar-refractivity contribution in [2.45, 2.75) is 32.6 Å². The molecule has 1 fully saturated rings. The summed E-state index contributed by atoms with van der Waals surface area (Å²) in [5.41, 5.74) is 9.75. The first-order valence-electron chi connectivity index (χ1n) is 11.2. The normalized spacial score (nSPS) is 15.1. The molecule has 8 heteroatoms. The third-order valence-electron chi connectivity index (χ3n) is 6.03. The zero-order valence-corrected chi connectivity index (χ0v) is 18.6. The molecule has 0 radical (unpaired) electrons. The van der Waals surface area contributed by atoms with Crippen LogP contribution < -0.4 is 10.6 Å². The van der Waals surface area contributed by atoms with Gasteiger partial charge in [-0.25, -0.2) is 9.97 Å². The van der Waals surface area contributed by atoms with Gasteiger partial charge in [0.25, 0.3) is 0 Å². The van der Waals surface area contributed by atoms with Crippen LogP contribution in [0.1, 0.15) is 29.3 Å². The van der Waals surface area contributed by atoms with Crippen LogP contribution in [0.15, 0.2) is 54.6 Å². The highest BCUT2D eigenvalue weighted by Gasteiger charge is 2.30. The lowest BCUT2D eigenvalue weighted by atomic mass is 10.0. The fourth-order valence-electron chi connectivity index (χ4n) is 4.11. The number of nitrogens with two attached hydrogens (primary N) is 1. The summed E-state index contributed by atoms with van der Waals surface area (Å²) in [5.74, 6) is 0.571. The summed E-state index contributed by atoms with van der Waals surface area (Å²) >= 11 is 0. The Bertz CT molecular complexity index is 1070. The number of halogens is 3. The van der Waals surface area contributed by atoms with E-state index in [-0.39, 0.29) is 6.54 Å². The van der Waals surface area contributed by atoms with E-state index in [9.17, 15) is 13.2 Å². The number of aryl methyl sites for hydroxylation is 1. The van der Waals surface area contributed by atoms with Gasteiger partial charge < -0.3 is 10.6 Å². The van der Waals surface area contributed by atoms with Gasteiger partial charge in [0, 0.05) is 44.8 Å². The SMILES string of the molecule is CCc1ccccc1CN1CCN(c2nc(CN)cc(-c3ccc(C(F)(F)F)cc3)n2)CC1. The molecule has 0 saturated carbocycles. The van der Waals surface area contributed by atoms with E-state index in [0.717, 1.165) is 51.3 Å². The second kappa shape index (κ2) is 9.89. The van der Waals surface area contributed by atoms with Crippen molar-refractivity contribution in [1.82, 2.24) is 14.9 Å². The largest absolute Gasteiger partial charge is 0.416 e. The van der Waals surface area contributed by atoms with E-state index in [1.54, 1.807) is 6.07 Å². The Morgan fingerprint density at radius 2 is 1.58 bits per heavy atom. The number of anilines is 1. The fourth-order valence-corrected chi connectivity index (χ4v) is 4.11. The second-order valence-corrected chi connectivity index (χ2v) is 8.21. The van der Waals surface area contributed by atoms with Crippen LogP contribution >= 0.6 is 0 Å². The van der Waals surface area contributed by atoms with Crippen molar-refractivity contribution in [2.75, 3.05) is 31.1 Å². The van der Waals surface area contributed by atoms with Crippen LogP contribution in [0.5, 0.6) is 0 Å². The van der Waals surface area contributed by atoms with Gasteiger partial charge in [0.15, 0.2) is 0 Å². The summed E-state index contributed by atoms with van der Waals surface area (Å²) in [6.07, 6.45) is -3.35. The van der Waals surface area contributed by atoms with E-state index >= 15 is 0 Å². The van der Waals surface area contributed by atoms with Gasteiger partial charge in [-0.2, -0.15) is 13.2 Å². The zero-order chi connectivity index (χ0) is 23.4. The fraction of sp³-hybridized carbons (Fsp3) is 0.360. The lowest BCUT2D eigenvalue weighted by Crippen LogP contribution is -2.46. The van der Waals surface area contributed by atoms with Gasteiger partial charge in [-0.15, -0.1) is 0 Å². The minimum atomic E-state index is -4.37. The minimum Gasteiger partial charge on any atom is -0.338 e. The lowest BCUT2D eigenvalue weighted by molar-refractivity contribution is -0.137. The van der Waals surface area contributed by atoms with Crippen LogP contribution in [0.4, 0.5) is 19.1 Å². The van der Waals surface area contributed by atoms with E-state index in [1.807, 2.05) is 0 Å². The maximum Gasteiger partial charge on any atom is 0.416 e. The number of aromatic nitrogens is 2. The minimum absolute atomic E-state index is 0.233. The van der Waals surface area contributed by atoms with Gasteiger partial charge in [0.05, 0.1) is 17.0 Å². The summed E-state index contributed by atoms with van der Waals surface area (Å²) in [7, 11) is 0. The lowest BCUT2D eigenvalue weighted by Gasteiger charge is -2.35. The Labute approximate surface area is 192 Å². The molecule has 3 aromatic rings. The molecular weight excluding hydrogens is 427 g/mol. The molecule has 2 N–H and O–H groups in total. The van der Waals surface area contributed by atoms with Gasteiger partial charge >= 0.3 is 6.18 Å². The van der Waals surface area contributed by atoms with Crippen LogP contribution in [-0.2, 0) is 25.7 Å². The summed E-state index contributed by atoms with van der Waals surface area (Å²) < 4.78 is 38.7. The zero-order valence-electron chi connectivity index (χ0n) is 18.6. The summed E-state index contributed by atoms with van der Waals surface area (Å²) in [4.78, 5) is 13.8. The van der Waals surface area contributed by atoms with Crippen LogP contribution in [0.2, 0.25) is 0 Å². The molecule has 1 saturated heterocycles. The Morgan fingerprint density at radius 1 is 0.909 bits per heavy atom. The molecule has 0 bridgehead atoms. The molecule has 2 aromatic carbocycles. The van der Waals surface area contributed by atoms with Gasteiger partial charge in [-0.05, 0) is 35.7 Å². The maximum atomic E-state index is 12.9. The molecule has 4 rings (SSSR count). The van der Waals surface area contributed by atoms with Crippen LogP contribution in [-0.4, -0.2) is 41.0 Å². The molecule has 33 heavy (non-hydrogen) atoms. The number of hydrogen-bond acceptors (Lipinski definition) is 5. The topological polar surface area (TPSA) is 58.3 Å². The van der Waals surface area contributed by atoms with Crippen LogP contribution in [0.3, 0.4) is 0 Å². The predicted octanol–water partition coefficient (Wildman–Crippen LogP) is 4.51. The number of rotatable bonds is 6. The summed E-state index contributed by atoms with van der Waals surface area (Å²) in [5, 5.41) is 0. The van der Waals surface area contributed by atoms with Gasteiger partial charge in [-0.3, -0.25) is 4.90 Å². The number of piperazine rings is 1. The van der Waals surface area contributed by atoms with Crippen LogP contribution in [0, 0.1) is 0 Å². The third-order valence-corrected chi connectivity index (χ3v) is 6.03.